The number of benzene rings is 1. The summed E-state index contributed by atoms with van der Waals surface area (Å²) in [5, 5.41) is 0. The van der Waals surface area contributed by atoms with E-state index in [0.29, 0.717) is 13.2 Å². The standard InChI is InChI=1S/C15H23ClO3S/c1-2-3-4-8-11-19-12-15(13-20(16,17)18)14-9-6-5-7-10-14/h5-7,9-10,15H,2-4,8,11-13H2,1H3. The molecule has 1 aromatic carbocycles. The highest BCUT2D eigenvalue weighted by molar-refractivity contribution is 8.13. The zero-order valence-electron chi connectivity index (χ0n) is 11.9. The largest absolute Gasteiger partial charge is 0.381 e. The SMILES string of the molecule is CCCCCCOCC(CS(=O)(=O)Cl)c1ccccc1. The summed E-state index contributed by atoms with van der Waals surface area (Å²) in [5.41, 5.74) is 0.949. The Morgan fingerprint density at radius 1 is 1.15 bits per heavy atom. The van der Waals surface area contributed by atoms with Crippen molar-refractivity contribution in [3.05, 3.63) is 35.9 Å². The lowest BCUT2D eigenvalue weighted by molar-refractivity contribution is 0.120. The van der Waals surface area contributed by atoms with Gasteiger partial charge < -0.3 is 4.74 Å². The van der Waals surface area contributed by atoms with E-state index in [-0.39, 0.29) is 11.7 Å². The van der Waals surface area contributed by atoms with Gasteiger partial charge in [-0.3, -0.25) is 0 Å². The van der Waals surface area contributed by atoms with Gasteiger partial charge >= 0.3 is 0 Å². The molecule has 0 N–H and O–H groups in total. The third-order valence-corrected chi connectivity index (χ3v) is 4.31. The lowest BCUT2D eigenvalue weighted by Gasteiger charge is -2.16. The summed E-state index contributed by atoms with van der Waals surface area (Å²) < 4.78 is 28.2. The molecule has 1 unspecified atom stereocenters. The van der Waals surface area contributed by atoms with Crippen LogP contribution in [0.15, 0.2) is 30.3 Å². The zero-order valence-corrected chi connectivity index (χ0v) is 13.5. The van der Waals surface area contributed by atoms with E-state index in [1.165, 1.54) is 12.8 Å². The van der Waals surface area contributed by atoms with Gasteiger partial charge in [0.25, 0.3) is 0 Å². The van der Waals surface area contributed by atoms with Crippen molar-refractivity contribution in [3.63, 3.8) is 0 Å². The van der Waals surface area contributed by atoms with Crippen LogP contribution in [0.25, 0.3) is 0 Å². The Morgan fingerprint density at radius 3 is 2.45 bits per heavy atom. The quantitative estimate of drug-likeness (QED) is 0.485. The first-order valence-electron chi connectivity index (χ1n) is 7.08. The molecule has 0 amide bonds. The molecule has 1 aromatic rings. The van der Waals surface area contributed by atoms with E-state index in [0.717, 1.165) is 18.4 Å². The van der Waals surface area contributed by atoms with Crippen LogP contribution in [0.1, 0.15) is 44.1 Å². The van der Waals surface area contributed by atoms with Crippen LogP contribution in [0.2, 0.25) is 0 Å². The molecule has 0 radical (unpaired) electrons. The Kier molecular flexibility index (Phi) is 8.19. The highest BCUT2D eigenvalue weighted by Crippen LogP contribution is 2.20. The molecule has 5 heteroatoms. The van der Waals surface area contributed by atoms with Crippen LogP contribution >= 0.6 is 10.7 Å². The lowest BCUT2D eigenvalue weighted by atomic mass is 10.0. The molecule has 1 atom stereocenters. The second kappa shape index (κ2) is 9.37. The van der Waals surface area contributed by atoms with Crippen molar-refractivity contribution in [2.24, 2.45) is 0 Å². The van der Waals surface area contributed by atoms with Crippen LogP contribution in [-0.2, 0) is 13.8 Å². The molecule has 0 aromatic heterocycles. The fourth-order valence-corrected chi connectivity index (χ4v) is 3.29. The first-order valence-corrected chi connectivity index (χ1v) is 9.56. The molecule has 0 heterocycles. The molecule has 0 aliphatic carbocycles. The predicted octanol–water partition coefficient (Wildman–Crippen LogP) is 3.94. The molecule has 0 aliphatic rings. The smallest absolute Gasteiger partial charge is 0.233 e. The van der Waals surface area contributed by atoms with E-state index in [1.807, 2.05) is 30.3 Å². The predicted molar refractivity (Wildman–Crippen MR) is 83.8 cm³/mol. The third kappa shape index (κ3) is 7.88. The number of hydrogen-bond donors (Lipinski definition) is 0. The van der Waals surface area contributed by atoms with E-state index in [4.69, 9.17) is 15.4 Å². The van der Waals surface area contributed by atoms with Crippen LogP contribution in [-0.4, -0.2) is 27.4 Å². The first kappa shape index (κ1) is 17.5. The van der Waals surface area contributed by atoms with E-state index < -0.39 is 9.05 Å². The van der Waals surface area contributed by atoms with E-state index in [2.05, 4.69) is 6.92 Å². The summed E-state index contributed by atoms with van der Waals surface area (Å²) in [4.78, 5) is 0. The van der Waals surface area contributed by atoms with Gasteiger partial charge in [0, 0.05) is 23.2 Å². The Bertz CT molecular complexity index is 459. The van der Waals surface area contributed by atoms with Crippen molar-refractivity contribution in [2.75, 3.05) is 19.0 Å². The fourth-order valence-electron chi connectivity index (χ4n) is 2.06. The summed E-state index contributed by atoms with van der Waals surface area (Å²) in [6.45, 7) is 3.23. The van der Waals surface area contributed by atoms with Gasteiger partial charge in [0.1, 0.15) is 0 Å². The van der Waals surface area contributed by atoms with Gasteiger partial charge in [-0.15, -0.1) is 0 Å². The second-order valence-electron chi connectivity index (χ2n) is 4.95. The van der Waals surface area contributed by atoms with Crippen molar-refractivity contribution in [1.29, 1.82) is 0 Å². The third-order valence-electron chi connectivity index (χ3n) is 3.13. The highest BCUT2D eigenvalue weighted by atomic mass is 35.7. The monoisotopic (exact) mass is 318 g/mol. The zero-order chi connectivity index (χ0) is 14.8. The minimum atomic E-state index is -3.53. The molecule has 20 heavy (non-hydrogen) atoms. The Hall–Kier alpha value is -0.580. The summed E-state index contributed by atoms with van der Waals surface area (Å²) in [6.07, 6.45) is 4.57. The topological polar surface area (TPSA) is 43.4 Å². The number of halogens is 1. The molecule has 0 fully saturated rings. The van der Waals surface area contributed by atoms with Gasteiger partial charge in [0.2, 0.25) is 9.05 Å². The molecule has 1 rings (SSSR count). The number of rotatable bonds is 10. The normalized spacial score (nSPS) is 13.3. The van der Waals surface area contributed by atoms with Crippen molar-refractivity contribution in [3.8, 4) is 0 Å². The van der Waals surface area contributed by atoms with Crippen molar-refractivity contribution >= 4 is 19.7 Å². The van der Waals surface area contributed by atoms with E-state index in [9.17, 15) is 8.42 Å². The molecule has 3 nitrogen and oxygen atoms in total. The summed E-state index contributed by atoms with van der Waals surface area (Å²) in [7, 11) is 1.85. The Balaban J connectivity index is 2.48. The van der Waals surface area contributed by atoms with Crippen LogP contribution in [0.5, 0.6) is 0 Å². The average Bonchev–Trinajstić information content (AvgIpc) is 2.41. The fraction of sp³-hybridized carbons (Fsp3) is 0.600. The van der Waals surface area contributed by atoms with Gasteiger partial charge in [-0.25, -0.2) is 8.42 Å². The van der Waals surface area contributed by atoms with E-state index >= 15 is 0 Å². The number of ether oxygens (including phenoxy) is 1. The van der Waals surface area contributed by atoms with Crippen LogP contribution < -0.4 is 0 Å². The van der Waals surface area contributed by atoms with Crippen LogP contribution in [0, 0.1) is 0 Å². The maximum atomic E-state index is 11.3. The van der Waals surface area contributed by atoms with Crippen molar-refractivity contribution in [1.82, 2.24) is 0 Å². The Morgan fingerprint density at radius 2 is 1.85 bits per heavy atom. The van der Waals surface area contributed by atoms with Crippen molar-refractivity contribution in [2.45, 2.75) is 38.5 Å². The van der Waals surface area contributed by atoms with Gasteiger partial charge in [-0.1, -0.05) is 56.5 Å². The molecular weight excluding hydrogens is 296 g/mol. The van der Waals surface area contributed by atoms with Crippen molar-refractivity contribution < 1.29 is 13.2 Å². The second-order valence-corrected chi connectivity index (χ2v) is 7.77. The molecular formula is C15H23ClO3S. The first-order chi connectivity index (χ1) is 9.53. The highest BCUT2D eigenvalue weighted by Gasteiger charge is 2.19. The molecule has 0 bridgehead atoms. The summed E-state index contributed by atoms with van der Waals surface area (Å²) in [6, 6.07) is 9.51. The maximum absolute atomic E-state index is 11.3. The number of unbranched alkanes of at least 4 members (excludes halogenated alkanes) is 3. The average molecular weight is 319 g/mol. The molecule has 114 valence electrons. The summed E-state index contributed by atoms with van der Waals surface area (Å²) in [5.74, 6) is -0.294. The molecule has 0 spiro atoms. The van der Waals surface area contributed by atoms with Gasteiger partial charge in [-0.05, 0) is 12.0 Å². The summed E-state index contributed by atoms with van der Waals surface area (Å²) >= 11 is 0. The molecule has 0 aliphatic heterocycles. The minimum absolute atomic E-state index is 0.0898. The molecule has 0 saturated carbocycles. The van der Waals surface area contributed by atoms with E-state index in [1.54, 1.807) is 0 Å². The molecule has 0 saturated heterocycles. The van der Waals surface area contributed by atoms with Gasteiger partial charge in [-0.2, -0.15) is 0 Å². The van der Waals surface area contributed by atoms with Gasteiger partial charge in [0.05, 0.1) is 12.4 Å². The van der Waals surface area contributed by atoms with Crippen LogP contribution in [0.3, 0.4) is 0 Å². The maximum Gasteiger partial charge on any atom is 0.233 e. The van der Waals surface area contributed by atoms with Crippen LogP contribution in [0.4, 0.5) is 0 Å². The Labute approximate surface area is 126 Å². The number of hydrogen-bond acceptors (Lipinski definition) is 3. The van der Waals surface area contributed by atoms with Gasteiger partial charge in [0.15, 0.2) is 0 Å². The minimum Gasteiger partial charge on any atom is -0.381 e. The lowest BCUT2D eigenvalue weighted by Crippen LogP contribution is -2.16.